The van der Waals surface area contributed by atoms with Crippen molar-refractivity contribution in [3.8, 4) is 0 Å². The van der Waals surface area contributed by atoms with Crippen LogP contribution in [0.25, 0.3) is 0 Å². The molecule has 4 nitrogen and oxygen atoms in total. The Balaban J connectivity index is 1.55. The maximum absolute atomic E-state index is 14.1. The fourth-order valence-electron chi connectivity index (χ4n) is 7.64. The van der Waals surface area contributed by atoms with Crippen LogP contribution in [0.1, 0.15) is 57.1 Å². The van der Waals surface area contributed by atoms with Crippen LogP contribution < -0.4 is 11.1 Å². The molecule has 154 valence electrons. The van der Waals surface area contributed by atoms with Gasteiger partial charge < -0.3 is 11.1 Å². The maximum atomic E-state index is 14.1. The number of piperidine rings is 1. The van der Waals surface area contributed by atoms with Gasteiger partial charge in [-0.15, -0.1) is 0 Å². The molecule has 1 aliphatic heterocycles. The second kappa shape index (κ2) is 6.05. The molecular weight excluding hydrogens is 368 g/mol. The van der Waals surface area contributed by atoms with Gasteiger partial charge in [0, 0.05) is 16.9 Å². The predicted molar refractivity (Wildman–Crippen MR) is 113 cm³/mol. The largest absolute Gasteiger partial charge is 0.327 e. The summed E-state index contributed by atoms with van der Waals surface area (Å²) in [7, 11) is -3.27. The van der Waals surface area contributed by atoms with Crippen molar-refractivity contribution >= 4 is 9.84 Å². The molecular formula is C23H34N2O2S. The number of benzene rings is 1. The maximum Gasteiger partial charge on any atom is 0.154 e. The van der Waals surface area contributed by atoms with Crippen LogP contribution in [0.3, 0.4) is 0 Å². The van der Waals surface area contributed by atoms with Gasteiger partial charge >= 0.3 is 0 Å². The zero-order valence-electron chi connectivity index (χ0n) is 17.2. The van der Waals surface area contributed by atoms with E-state index in [1.54, 1.807) is 0 Å². The summed E-state index contributed by atoms with van der Waals surface area (Å²) in [6.45, 7) is 6.35. The molecule has 4 unspecified atom stereocenters. The molecule has 0 aromatic heterocycles. The van der Waals surface area contributed by atoms with Crippen LogP contribution in [-0.4, -0.2) is 38.6 Å². The van der Waals surface area contributed by atoms with Crippen LogP contribution in [0.5, 0.6) is 0 Å². The Labute approximate surface area is 169 Å². The lowest BCUT2D eigenvalue weighted by molar-refractivity contribution is 0.138. The standard InChI is InChI=1S/C23H34N2O2S/c1-21(2)17-7-8-23(21,19(24)14-17)15-28(26,27)20-13-16-5-3-4-6-18(16)22(20)9-11-25-12-10-22/h3-6,17,19-20,25H,7-15,24H2,1-2H3. The summed E-state index contributed by atoms with van der Waals surface area (Å²) in [5, 5.41) is 3.15. The Hall–Kier alpha value is -0.910. The van der Waals surface area contributed by atoms with Crippen molar-refractivity contribution in [3.05, 3.63) is 35.4 Å². The van der Waals surface area contributed by atoms with Crippen molar-refractivity contribution in [1.29, 1.82) is 0 Å². The minimum absolute atomic E-state index is 0.0174. The fraction of sp³-hybridized carbons (Fsp3) is 0.739. The molecule has 28 heavy (non-hydrogen) atoms. The Morgan fingerprint density at radius 3 is 2.50 bits per heavy atom. The molecule has 3 fully saturated rings. The third-order valence-electron chi connectivity index (χ3n) is 9.45. The molecule has 1 aromatic carbocycles. The van der Waals surface area contributed by atoms with E-state index in [0.717, 1.165) is 45.2 Å². The van der Waals surface area contributed by atoms with Gasteiger partial charge in [0.1, 0.15) is 0 Å². The third-order valence-corrected chi connectivity index (χ3v) is 11.9. The molecule has 0 amide bonds. The monoisotopic (exact) mass is 402 g/mol. The smallest absolute Gasteiger partial charge is 0.154 e. The number of nitrogens with one attached hydrogen (secondary N) is 1. The van der Waals surface area contributed by atoms with E-state index in [2.05, 4.69) is 43.4 Å². The van der Waals surface area contributed by atoms with E-state index in [-0.39, 0.29) is 33.3 Å². The zero-order valence-corrected chi connectivity index (χ0v) is 18.0. The molecule has 2 bridgehead atoms. The van der Waals surface area contributed by atoms with Gasteiger partial charge in [-0.3, -0.25) is 0 Å². The predicted octanol–water partition coefficient (Wildman–Crippen LogP) is 2.80. The zero-order chi connectivity index (χ0) is 19.8. The molecule has 4 aliphatic rings. The summed E-state index contributed by atoms with van der Waals surface area (Å²) in [5.74, 6) is 0.852. The molecule has 5 rings (SSSR count). The number of hydrogen-bond acceptors (Lipinski definition) is 4. The topological polar surface area (TPSA) is 72.2 Å². The van der Waals surface area contributed by atoms with Crippen molar-refractivity contribution in [2.75, 3.05) is 18.8 Å². The summed E-state index contributed by atoms with van der Waals surface area (Å²) in [6.07, 6.45) is 5.60. The SMILES string of the molecule is CC1(C)C2CCC1(CS(=O)(=O)C1Cc3ccccc3C13CCNCC3)C(N)C2. The van der Waals surface area contributed by atoms with E-state index in [1.165, 1.54) is 11.1 Å². The van der Waals surface area contributed by atoms with Gasteiger partial charge in [0.05, 0.1) is 11.0 Å². The lowest BCUT2D eigenvalue weighted by atomic mass is 9.69. The number of hydrogen-bond donors (Lipinski definition) is 2. The highest BCUT2D eigenvalue weighted by Gasteiger charge is 2.65. The Kier molecular flexibility index (Phi) is 4.12. The molecule has 4 atom stereocenters. The number of sulfone groups is 1. The minimum atomic E-state index is -3.27. The first-order chi connectivity index (χ1) is 13.2. The molecule has 1 saturated heterocycles. The van der Waals surface area contributed by atoms with E-state index < -0.39 is 9.84 Å². The van der Waals surface area contributed by atoms with Crippen LogP contribution >= 0.6 is 0 Å². The first-order valence-electron chi connectivity index (χ1n) is 11.0. The molecule has 1 aromatic rings. The fourth-order valence-corrected chi connectivity index (χ4v) is 10.8. The van der Waals surface area contributed by atoms with Gasteiger partial charge in [-0.05, 0) is 74.1 Å². The van der Waals surface area contributed by atoms with Gasteiger partial charge in [0.2, 0.25) is 0 Å². The highest BCUT2D eigenvalue weighted by atomic mass is 32.2. The van der Waals surface area contributed by atoms with Gasteiger partial charge in [-0.1, -0.05) is 38.1 Å². The second-order valence-corrected chi connectivity index (χ2v) is 12.7. The quantitative estimate of drug-likeness (QED) is 0.815. The third kappa shape index (κ3) is 2.33. The summed E-state index contributed by atoms with van der Waals surface area (Å²) in [6, 6.07) is 8.48. The number of rotatable bonds is 3. The second-order valence-electron chi connectivity index (χ2n) is 10.5. The van der Waals surface area contributed by atoms with Crippen LogP contribution in [0.15, 0.2) is 24.3 Å². The van der Waals surface area contributed by atoms with E-state index in [9.17, 15) is 8.42 Å². The van der Waals surface area contributed by atoms with Gasteiger partial charge in [-0.25, -0.2) is 8.42 Å². The first-order valence-corrected chi connectivity index (χ1v) is 12.7. The van der Waals surface area contributed by atoms with Crippen molar-refractivity contribution < 1.29 is 8.42 Å². The summed E-state index contributed by atoms with van der Waals surface area (Å²) in [4.78, 5) is 0. The van der Waals surface area contributed by atoms with E-state index in [1.807, 2.05) is 0 Å². The summed E-state index contributed by atoms with van der Waals surface area (Å²) >= 11 is 0. The van der Waals surface area contributed by atoms with E-state index in [4.69, 9.17) is 5.73 Å². The highest BCUT2D eigenvalue weighted by Crippen LogP contribution is 2.66. The molecule has 2 saturated carbocycles. The first kappa shape index (κ1) is 19.1. The van der Waals surface area contributed by atoms with E-state index in [0.29, 0.717) is 12.3 Å². The van der Waals surface area contributed by atoms with Crippen molar-refractivity contribution in [3.63, 3.8) is 0 Å². The average Bonchev–Trinajstić information content (AvgIpc) is 3.17. The molecule has 3 N–H and O–H groups in total. The Morgan fingerprint density at radius 2 is 1.86 bits per heavy atom. The number of fused-ring (bicyclic) bond motifs is 4. The van der Waals surface area contributed by atoms with Crippen LogP contribution in [0, 0.1) is 16.7 Å². The molecule has 1 heterocycles. The molecule has 3 aliphatic carbocycles. The van der Waals surface area contributed by atoms with Crippen molar-refractivity contribution in [1.82, 2.24) is 5.32 Å². The van der Waals surface area contributed by atoms with Crippen molar-refractivity contribution in [2.24, 2.45) is 22.5 Å². The minimum Gasteiger partial charge on any atom is -0.327 e. The van der Waals surface area contributed by atoms with Crippen LogP contribution in [0.4, 0.5) is 0 Å². The van der Waals surface area contributed by atoms with Crippen molar-refractivity contribution in [2.45, 2.75) is 69.1 Å². The molecule has 1 spiro atoms. The Morgan fingerprint density at radius 1 is 1.14 bits per heavy atom. The summed E-state index contributed by atoms with van der Waals surface area (Å²) in [5.41, 5.74) is 8.70. The normalized spacial score (nSPS) is 38.0. The molecule has 0 radical (unpaired) electrons. The van der Waals surface area contributed by atoms with Gasteiger partial charge in [0.25, 0.3) is 0 Å². The lowest BCUT2D eigenvalue weighted by Gasteiger charge is -2.44. The van der Waals surface area contributed by atoms with Crippen LogP contribution in [0.2, 0.25) is 0 Å². The summed E-state index contributed by atoms with van der Waals surface area (Å²) < 4.78 is 28.1. The van der Waals surface area contributed by atoms with E-state index >= 15 is 0 Å². The molecule has 5 heteroatoms. The lowest BCUT2D eigenvalue weighted by Crippen LogP contribution is -2.54. The average molecular weight is 403 g/mol. The van der Waals surface area contributed by atoms with Crippen LogP contribution in [-0.2, 0) is 21.7 Å². The number of nitrogens with two attached hydrogens (primary N) is 1. The highest BCUT2D eigenvalue weighted by molar-refractivity contribution is 7.92. The van der Waals surface area contributed by atoms with Gasteiger partial charge in [0.15, 0.2) is 9.84 Å². The van der Waals surface area contributed by atoms with Gasteiger partial charge in [-0.2, -0.15) is 0 Å². The Bertz CT molecular complexity index is 888.